The number of aliphatic hydroxyl groups excluding tert-OH is 1. The molecule has 8 heteroatoms. The predicted octanol–water partition coefficient (Wildman–Crippen LogP) is 1.58. The molecule has 1 aromatic carbocycles. The van der Waals surface area contributed by atoms with Crippen molar-refractivity contribution in [1.82, 2.24) is 5.32 Å². The van der Waals surface area contributed by atoms with Crippen molar-refractivity contribution in [3.8, 4) is 0 Å². The van der Waals surface area contributed by atoms with Crippen molar-refractivity contribution < 1.29 is 34.1 Å². The summed E-state index contributed by atoms with van der Waals surface area (Å²) in [5.74, 6) is -5.87. The Morgan fingerprint density at radius 1 is 1.19 bits per heavy atom. The second kappa shape index (κ2) is 7.07. The van der Waals surface area contributed by atoms with Crippen LogP contribution in [0.4, 0.5) is 0 Å². The maximum atomic E-state index is 12.4. The van der Waals surface area contributed by atoms with Gasteiger partial charge in [-0.3, -0.25) is 9.59 Å². The minimum absolute atomic E-state index is 0.285. The van der Waals surface area contributed by atoms with Crippen molar-refractivity contribution >= 4 is 17.8 Å². The highest BCUT2D eigenvalue weighted by Gasteiger charge is 2.52. The summed E-state index contributed by atoms with van der Waals surface area (Å²) in [6.45, 7) is -0.694. The van der Waals surface area contributed by atoms with Gasteiger partial charge < -0.3 is 25.0 Å². The van der Waals surface area contributed by atoms with Crippen LogP contribution in [0.1, 0.15) is 37.2 Å². The SMILES string of the molecule is O=C(O)CNC(=O)C1=C(O)OC2(CCCCC2c2ccccc2)OC1=O. The third-order valence-electron chi connectivity index (χ3n) is 4.58. The first-order valence-corrected chi connectivity index (χ1v) is 8.33. The number of rotatable bonds is 4. The molecule has 1 saturated carbocycles. The van der Waals surface area contributed by atoms with Crippen LogP contribution in [-0.4, -0.2) is 40.4 Å². The largest absolute Gasteiger partial charge is 0.480 e. The zero-order valence-corrected chi connectivity index (χ0v) is 13.9. The third-order valence-corrected chi connectivity index (χ3v) is 4.58. The van der Waals surface area contributed by atoms with Crippen LogP contribution in [-0.2, 0) is 23.9 Å². The summed E-state index contributed by atoms with van der Waals surface area (Å²) in [7, 11) is 0. The minimum Gasteiger partial charge on any atom is -0.480 e. The minimum atomic E-state index is -1.38. The van der Waals surface area contributed by atoms with Crippen LogP contribution in [0.15, 0.2) is 41.9 Å². The number of nitrogens with one attached hydrogen (secondary N) is 1. The first kappa shape index (κ1) is 17.8. The Balaban J connectivity index is 1.89. The highest BCUT2D eigenvalue weighted by atomic mass is 16.8. The van der Waals surface area contributed by atoms with Crippen LogP contribution in [0.2, 0.25) is 0 Å². The van der Waals surface area contributed by atoms with E-state index in [4.69, 9.17) is 14.6 Å². The molecule has 1 amide bonds. The number of carbonyl (C=O) groups excluding carboxylic acids is 2. The van der Waals surface area contributed by atoms with Gasteiger partial charge in [-0.2, -0.15) is 0 Å². The lowest BCUT2D eigenvalue weighted by Crippen LogP contribution is -2.50. The maximum Gasteiger partial charge on any atom is 0.354 e. The quantitative estimate of drug-likeness (QED) is 0.550. The number of aliphatic carboxylic acids is 1. The van der Waals surface area contributed by atoms with E-state index in [0.717, 1.165) is 18.4 Å². The van der Waals surface area contributed by atoms with Crippen molar-refractivity contribution in [3.63, 3.8) is 0 Å². The molecule has 0 radical (unpaired) electrons. The topological polar surface area (TPSA) is 122 Å². The first-order chi connectivity index (χ1) is 12.4. The third kappa shape index (κ3) is 3.35. The zero-order valence-electron chi connectivity index (χ0n) is 13.9. The Labute approximate surface area is 149 Å². The van der Waals surface area contributed by atoms with Gasteiger partial charge >= 0.3 is 17.9 Å². The molecule has 1 heterocycles. The fraction of sp³-hybridized carbons (Fsp3) is 0.389. The molecule has 26 heavy (non-hydrogen) atoms. The van der Waals surface area contributed by atoms with E-state index in [-0.39, 0.29) is 5.92 Å². The Morgan fingerprint density at radius 2 is 1.92 bits per heavy atom. The number of benzene rings is 1. The van der Waals surface area contributed by atoms with E-state index in [0.29, 0.717) is 12.8 Å². The summed E-state index contributed by atoms with van der Waals surface area (Å²) >= 11 is 0. The van der Waals surface area contributed by atoms with Gasteiger partial charge in [0.1, 0.15) is 6.54 Å². The van der Waals surface area contributed by atoms with Crippen molar-refractivity contribution in [3.05, 3.63) is 47.4 Å². The lowest BCUT2D eigenvalue weighted by Gasteiger charge is -2.44. The van der Waals surface area contributed by atoms with Gasteiger partial charge in [-0.05, 0) is 18.4 Å². The molecule has 1 aliphatic carbocycles. The van der Waals surface area contributed by atoms with Gasteiger partial charge in [-0.1, -0.05) is 36.8 Å². The molecule has 138 valence electrons. The number of aliphatic hydroxyl groups is 1. The monoisotopic (exact) mass is 361 g/mol. The van der Waals surface area contributed by atoms with E-state index in [9.17, 15) is 19.5 Å². The highest BCUT2D eigenvalue weighted by molar-refractivity contribution is 6.17. The highest BCUT2D eigenvalue weighted by Crippen LogP contribution is 2.47. The molecule has 2 atom stereocenters. The molecule has 2 unspecified atom stereocenters. The van der Waals surface area contributed by atoms with Crippen LogP contribution in [0, 0.1) is 0 Å². The number of ether oxygens (including phenoxy) is 2. The molecule has 1 aromatic rings. The average Bonchev–Trinajstić information content (AvgIpc) is 2.60. The van der Waals surface area contributed by atoms with Crippen LogP contribution in [0.5, 0.6) is 0 Å². The van der Waals surface area contributed by atoms with Gasteiger partial charge in [0.2, 0.25) is 5.57 Å². The Morgan fingerprint density at radius 3 is 2.58 bits per heavy atom. The zero-order chi connectivity index (χ0) is 18.7. The smallest absolute Gasteiger partial charge is 0.354 e. The number of hydrogen-bond donors (Lipinski definition) is 3. The molecular weight excluding hydrogens is 342 g/mol. The number of hydrogen-bond acceptors (Lipinski definition) is 6. The molecule has 3 N–H and O–H groups in total. The molecule has 1 fully saturated rings. The van der Waals surface area contributed by atoms with Crippen molar-refractivity contribution in [2.45, 2.75) is 37.4 Å². The summed E-state index contributed by atoms with van der Waals surface area (Å²) in [6, 6.07) is 9.39. The summed E-state index contributed by atoms with van der Waals surface area (Å²) in [5, 5.41) is 20.8. The van der Waals surface area contributed by atoms with Gasteiger partial charge in [0, 0.05) is 6.42 Å². The lowest BCUT2D eigenvalue weighted by atomic mass is 9.78. The molecule has 0 aromatic heterocycles. The normalized spacial score (nSPS) is 25.4. The molecule has 0 bridgehead atoms. The summed E-state index contributed by atoms with van der Waals surface area (Å²) in [5.41, 5.74) is 0.181. The van der Waals surface area contributed by atoms with Gasteiger partial charge in [0.25, 0.3) is 11.7 Å². The van der Waals surface area contributed by atoms with Crippen LogP contribution in [0.25, 0.3) is 0 Å². The number of carboxylic acid groups (broad SMARTS) is 1. The standard InChI is InChI=1S/C18H19NO7/c20-13(21)10-19-15(22)14-16(23)25-18(26-17(14)24)9-5-4-8-12(18)11-6-2-1-3-7-11/h1-3,6-7,12,23H,4-5,8-10H2,(H,19,22)(H,20,21). The maximum absolute atomic E-state index is 12.4. The molecule has 2 aliphatic rings. The number of amides is 1. The Bertz CT molecular complexity index is 758. The van der Waals surface area contributed by atoms with Crippen molar-refractivity contribution in [1.29, 1.82) is 0 Å². The molecule has 8 nitrogen and oxygen atoms in total. The van der Waals surface area contributed by atoms with E-state index < -0.39 is 41.7 Å². The van der Waals surface area contributed by atoms with Gasteiger partial charge in [-0.15, -0.1) is 0 Å². The van der Waals surface area contributed by atoms with E-state index in [2.05, 4.69) is 0 Å². The lowest BCUT2D eigenvalue weighted by molar-refractivity contribution is -0.258. The van der Waals surface area contributed by atoms with Gasteiger partial charge in [0.05, 0.1) is 5.92 Å². The fourth-order valence-corrected chi connectivity index (χ4v) is 3.43. The van der Waals surface area contributed by atoms with E-state index in [1.165, 1.54) is 0 Å². The summed E-state index contributed by atoms with van der Waals surface area (Å²) in [4.78, 5) is 34.9. The van der Waals surface area contributed by atoms with Crippen LogP contribution < -0.4 is 5.32 Å². The molecular formula is C18H19NO7. The Kier molecular flexibility index (Phi) is 4.83. The Hall–Kier alpha value is -3.03. The number of carboxylic acids is 1. The van der Waals surface area contributed by atoms with E-state index in [1.807, 2.05) is 35.6 Å². The van der Waals surface area contributed by atoms with Crippen LogP contribution in [0.3, 0.4) is 0 Å². The van der Waals surface area contributed by atoms with Crippen molar-refractivity contribution in [2.24, 2.45) is 0 Å². The molecule has 3 rings (SSSR count). The summed E-state index contributed by atoms with van der Waals surface area (Å²) < 4.78 is 11.1. The molecule has 0 saturated heterocycles. The first-order valence-electron chi connectivity index (χ1n) is 8.33. The van der Waals surface area contributed by atoms with Crippen molar-refractivity contribution in [2.75, 3.05) is 6.54 Å². The summed E-state index contributed by atoms with van der Waals surface area (Å²) in [6.07, 6.45) is 2.74. The van der Waals surface area contributed by atoms with Gasteiger partial charge in [-0.25, -0.2) is 4.79 Å². The fourth-order valence-electron chi connectivity index (χ4n) is 3.43. The van der Waals surface area contributed by atoms with E-state index >= 15 is 0 Å². The number of esters is 1. The van der Waals surface area contributed by atoms with Gasteiger partial charge in [0.15, 0.2) is 0 Å². The second-order valence-corrected chi connectivity index (χ2v) is 6.27. The van der Waals surface area contributed by atoms with Crippen LogP contribution >= 0.6 is 0 Å². The number of carbonyl (C=O) groups is 3. The molecule has 1 aliphatic heterocycles. The predicted molar refractivity (Wildman–Crippen MR) is 87.9 cm³/mol. The van der Waals surface area contributed by atoms with E-state index in [1.54, 1.807) is 0 Å². The second-order valence-electron chi connectivity index (χ2n) is 6.27. The average molecular weight is 361 g/mol. The molecule has 1 spiro atoms.